The lowest BCUT2D eigenvalue weighted by Gasteiger charge is -2.14. The molecule has 1 aliphatic rings. The van der Waals surface area contributed by atoms with Gasteiger partial charge in [0.15, 0.2) is 5.03 Å². The fraction of sp³-hybridized carbons (Fsp3) is 0.357. The van der Waals surface area contributed by atoms with Crippen LogP contribution >= 0.6 is 0 Å². The molecule has 1 aliphatic heterocycles. The van der Waals surface area contributed by atoms with Crippen LogP contribution in [0.1, 0.15) is 11.6 Å². The maximum Gasteiger partial charge on any atom is 0.308 e. The number of aromatic nitrogens is 3. The van der Waals surface area contributed by atoms with Crippen molar-refractivity contribution in [3.63, 3.8) is 0 Å². The SMILES string of the molecule is Cn1cnc(S(=O)(=O)N2C[C@@H](C(=O)O)[C@H](c3ccccn3)C2)c1. The molecule has 3 rings (SSSR count). The van der Waals surface area contributed by atoms with E-state index >= 15 is 0 Å². The Morgan fingerprint density at radius 1 is 1.30 bits per heavy atom. The molecule has 0 unspecified atom stereocenters. The number of nitrogens with zero attached hydrogens (tertiary/aromatic N) is 4. The normalized spacial score (nSPS) is 22.3. The van der Waals surface area contributed by atoms with E-state index in [1.54, 1.807) is 31.4 Å². The van der Waals surface area contributed by atoms with Crippen molar-refractivity contribution in [2.75, 3.05) is 13.1 Å². The van der Waals surface area contributed by atoms with E-state index in [9.17, 15) is 18.3 Å². The summed E-state index contributed by atoms with van der Waals surface area (Å²) in [5.41, 5.74) is 0.582. The van der Waals surface area contributed by atoms with Gasteiger partial charge in [-0.2, -0.15) is 4.31 Å². The Labute approximate surface area is 133 Å². The summed E-state index contributed by atoms with van der Waals surface area (Å²) in [5, 5.41) is 9.36. The Morgan fingerprint density at radius 2 is 2.09 bits per heavy atom. The largest absolute Gasteiger partial charge is 0.481 e. The smallest absolute Gasteiger partial charge is 0.308 e. The molecule has 23 heavy (non-hydrogen) atoms. The average molecular weight is 336 g/mol. The van der Waals surface area contributed by atoms with Crippen LogP contribution in [-0.4, -0.2) is 51.4 Å². The number of carboxylic acids is 1. The Balaban J connectivity index is 1.93. The van der Waals surface area contributed by atoms with Gasteiger partial charge < -0.3 is 9.67 Å². The number of sulfonamides is 1. The van der Waals surface area contributed by atoms with Crippen LogP contribution in [0.4, 0.5) is 0 Å². The molecule has 0 aliphatic carbocycles. The molecule has 0 spiro atoms. The van der Waals surface area contributed by atoms with Crippen LogP contribution in [-0.2, 0) is 21.9 Å². The van der Waals surface area contributed by atoms with Gasteiger partial charge in [-0.15, -0.1) is 0 Å². The molecule has 0 amide bonds. The summed E-state index contributed by atoms with van der Waals surface area (Å²) in [5.74, 6) is -2.34. The summed E-state index contributed by atoms with van der Waals surface area (Å²) < 4.78 is 28.0. The minimum atomic E-state index is -3.81. The van der Waals surface area contributed by atoms with Gasteiger partial charge in [-0.3, -0.25) is 9.78 Å². The monoisotopic (exact) mass is 336 g/mol. The summed E-state index contributed by atoms with van der Waals surface area (Å²) in [6.07, 6.45) is 4.37. The molecular weight excluding hydrogens is 320 g/mol. The van der Waals surface area contributed by atoms with E-state index in [4.69, 9.17) is 0 Å². The van der Waals surface area contributed by atoms with Crippen LogP contribution in [0, 0.1) is 5.92 Å². The number of aryl methyl sites for hydroxylation is 1. The van der Waals surface area contributed by atoms with E-state index in [0.717, 1.165) is 0 Å². The molecule has 1 fully saturated rings. The van der Waals surface area contributed by atoms with E-state index < -0.39 is 27.8 Å². The fourth-order valence-electron chi connectivity index (χ4n) is 2.76. The molecule has 0 aromatic carbocycles. The molecule has 9 heteroatoms. The van der Waals surface area contributed by atoms with Crippen molar-refractivity contribution in [1.29, 1.82) is 0 Å². The average Bonchev–Trinajstić information content (AvgIpc) is 3.15. The summed E-state index contributed by atoms with van der Waals surface area (Å²) >= 11 is 0. The van der Waals surface area contributed by atoms with E-state index in [1.165, 1.54) is 21.4 Å². The van der Waals surface area contributed by atoms with Crippen LogP contribution in [0.5, 0.6) is 0 Å². The van der Waals surface area contributed by atoms with Crippen LogP contribution in [0.15, 0.2) is 41.9 Å². The van der Waals surface area contributed by atoms with Gasteiger partial charge in [0.2, 0.25) is 0 Å². The number of carbonyl (C=O) groups is 1. The minimum Gasteiger partial charge on any atom is -0.481 e. The molecule has 2 aromatic heterocycles. The summed E-state index contributed by atoms with van der Waals surface area (Å²) in [6, 6.07) is 5.21. The Morgan fingerprint density at radius 3 is 2.65 bits per heavy atom. The van der Waals surface area contributed by atoms with Crippen molar-refractivity contribution < 1.29 is 18.3 Å². The van der Waals surface area contributed by atoms with Gasteiger partial charge in [0.1, 0.15) is 0 Å². The highest BCUT2D eigenvalue weighted by Crippen LogP contribution is 2.34. The highest BCUT2D eigenvalue weighted by atomic mass is 32.2. The number of pyridine rings is 1. The van der Waals surface area contributed by atoms with Crippen LogP contribution < -0.4 is 0 Å². The second-order valence-electron chi connectivity index (χ2n) is 5.51. The van der Waals surface area contributed by atoms with Gasteiger partial charge >= 0.3 is 5.97 Å². The van der Waals surface area contributed by atoms with E-state index in [-0.39, 0.29) is 18.1 Å². The third-order valence-corrected chi connectivity index (χ3v) is 5.67. The zero-order valence-electron chi connectivity index (χ0n) is 12.4. The first-order valence-corrected chi connectivity index (χ1v) is 8.45. The molecule has 2 atom stereocenters. The zero-order chi connectivity index (χ0) is 16.6. The van der Waals surface area contributed by atoms with E-state index in [0.29, 0.717) is 5.69 Å². The number of rotatable bonds is 4. The number of carboxylic acid groups (broad SMARTS) is 1. The van der Waals surface area contributed by atoms with Gasteiger partial charge in [0.25, 0.3) is 10.0 Å². The minimum absolute atomic E-state index is 0.0763. The van der Waals surface area contributed by atoms with Crippen molar-refractivity contribution in [2.24, 2.45) is 13.0 Å². The molecular formula is C14H16N4O4S. The van der Waals surface area contributed by atoms with Gasteiger partial charge in [-0.25, -0.2) is 13.4 Å². The fourth-order valence-corrected chi connectivity index (χ4v) is 4.22. The maximum atomic E-state index is 12.6. The molecule has 0 bridgehead atoms. The van der Waals surface area contributed by atoms with Crippen molar-refractivity contribution in [3.05, 3.63) is 42.6 Å². The molecule has 1 N–H and O–H groups in total. The third kappa shape index (κ3) is 2.84. The van der Waals surface area contributed by atoms with Crippen LogP contribution in [0.2, 0.25) is 0 Å². The van der Waals surface area contributed by atoms with E-state index in [1.807, 2.05) is 0 Å². The summed E-state index contributed by atoms with van der Waals surface area (Å²) in [4.78, 5) is 19.6. The lowest BCUT2D eigenvalue weighted by Crippen LogP contribution is -2.30. The predicted octanol–water partition coefficient (Wildman–Crippen LogP) is 0.304. The van der Waals surface area contributed by atoms with Crippen molar-refractivity contribution in [1.82, 2.24) is 18.8 Å². The Kier molecular flexibility index (Phi) is 3.90. The van der Waals surface area contributed by atoms with E-state index in [2.05, 4.69) is 9.97 Å². The predicted molar refractivity (Wildman–Crippen MR) is 80.1 cm³/mol. The Bertz CT molecular complexity index is 818. The van der Waals surface area contributed by atoms with Crippen molar-refractivity contribution in [2.45, 2.75) is 10.9 Å². The molecule has 2 aromatic rings. The zero-order valence-corrected chi connectivity index (χ0v) is 13.2. The van der Waals surface area contributed by atoms with Crippen molar-refractivity contribution in [3.8, 4) is 0 Å². The quantitative estimate of drug-likeness (QED) is 0.861. The van der Waals surface area contributed by atoms with Gasteiger partial charge in [0.05, 0.1) is 12.2 Å². The maximum absolute atomic E-state index is 12.6. The second kappa shape index (κ2) is 5.74. The summed E-state index contributed by atoms with van der Waals surface area (Å²) in [6.45, 7) is -0.0115. The molecule has 8 nitrogen and oxygen atoms in total. The van der Waals surface area contributed by atoms with Crippen molar-refractivity contribution >= 4 is 16.0 Å². The number of imidazole rings is 1. The van der Waals surface area contributed by atoms with Crippen LogP contribution in [0.25, 0.3) is 0 Å². The lowest BCUT2D eigenvalue weighted by atomic mass is 9.93. The molecule has 0 saturated carbocycles. The highest BCUT2D eigenvalue weighted by Gasteiger charge is 2.44. The first-order chi connectivity index (χ1) is 10.9. The van der Waals surface area contributed by atoms with Gasteiger partial charge in [0, 0.05) is 44.1 Å². The van der Waals surface area contributed by atoms with Gasteiger partial charge in [-0.1, -0.05) is 6.07 Å². The summed E-state index contributed by atoms with van der Waals surface area (Å²) in [7, 11) is -2.14. The highest BCUT2D eigenvalue weighted by molar-refractivity contribution is 7.89. The van der Waals surface area contributed by atoms with Crippen LogP contribution in [0.3, 0.4) is 0 Å². The standard InChI is InChI=1S/C14H16N4O4S/c1-17-8-13(16-9-17)23(21,22)18-6-10(11(7-18)14(19)20)12-4-2-3-5-15-12/h2-5,8-11H,6-7H2,1H3,(H,19,20)/t10-,11-/m1/s1. The third-order valence-electron chi connectivity index (χ3n) is 3.96. The molecule has 3 heterocycles. The molecule has 0 radical (unpaired) electrons. The molecule has 1 saturated heterocycles. The molecule has 122 valence electrons. The topological polar surface area (TPSA) is 105 Å². The first kappa shape index (κ1) is 15.6. The second-order valence-corrected chi connectivity index (χ2v) is 7.39. The number of aliphatic carboxylic acids is 1. The number of hydrogen-bond acceptors (Lipinski definition) is 5. The van der Waals surface area contributed by atoms with Gasteiger partial charge in [-0.05, 0) is 12.1 Å². The first-order valence-electron chi connectivity index (χ1n) is 7.01. The lowest BCUT2D eigenvalue weighted by molar-refractivity contribution is -0.141. The Hall–Kier alpha value is -2.26. The number of hydrogen-bond donors (Lipinski definition) is 1.